The molecule has 1 amide bonds. The number of allylic oxidation sites excluding steroid dienone is 1. The third-order valence-electron chi connectivity index (χ3n) is 5.45. The van der Waals surface area contributed by atoms with Gasteiger partial charge in [-0.15, -0.1) is 0 Å². The minimum Gasteiger partial charge on any atom is -0.386 e. The number of amides is 1. The average Bonchev–Trinajstić information content (AvgIpc) is 2.63. The highest BCUT2D eigenvalue weighted by Crippen LogP contribution is 2.46. The molecule has 1 fully saturated rings. The van der Waals surface area contributed by atoms with E-state index in [-0.39, 0.29) is 30.7 Å². The molecule has 2 atom stereocenters. The molecule has 2 unspecified atom stereocenters. The Bertz CT molecular complexity index is 930. The monoisotopic (exact) mass is 413 g/mol. The quantitative estimate of drug-likeness (QED) is 0.770. The van der Waals surface area contributed by atoms with Crippen LogP contribution >= 0.6 is 0 Å². The molecule has 1 aromatic rings. The van der Waals surface area contributed by atoms with E-state index in [9.17, 15) is 22.0 Å². The summed E-state index contributed by atoms with van der Waals surface area (Å²) in [6.07, 6.45) is 0.193. The van der Waals surface area contributed by atoms with Gasteiger partial charge in [-0.05, 0) is 49.8 Å². The van der Waals surface area contributed by atoms with Gasteiger partial charge in [0, 0.05) is 25.3 Å². The Morgan fingerprint density at radius 2 is 1.79 bits per heavy atom. The van der Waals surface area contributed by atoms with Crippen molar-refractivity contribution in [3.8, 4) is 0 Å². The third kappa shape index (κ3) is 4.21. The summed E-state index contributed by atoms with van der Waals surface area (Å²) in [4.78, 5) is 13.0. The van der Waals surface area contributed by atoms with E-state index in [1.54, 1.807) is 0 Å². The van der Waals surface area contributed by atoms with E-state index in [4.69, 9.17) is 4.18 Å². The summed E-state index contributed by atoms with van der Waals surface area (Å²) in [6.45, 7) is 5.66. The fraction of sp³-hybridized carbons (Fsp3) is 0.550. The molecule has 154 valence electrons. The van der Waals surface area contributed by atoms with Crippen molar-refractivity contribution in [3.63, 3.8) is 0 Å². The van der Waals surface area contributed by atoms with Crippen molar-refractivity contribution in [1.82, 2.24) is 5.32 Å². The van der Waals surface area contributed by atoms with Gasteiger partial charge in [-0.2, -0.15) is 8.42 Å². The number of benzene rings is 1. The number of nitrogens with one attached hydrogen (secondary N) is 1. The number of aryl methyl sites for hydroxylation is 3. The summed E-state index contributed by atoms with van der Waals surface area (Å²) < 4.78 is 57.2. The number of hydrogen-bond acceptors (Lipinski definition) is 4. The lowest BCUT2D eigenvalue weighted by atomic mass is 9.75. The van der Waals surface area contributed by atoms with Crippen LogP contribution in [0.15, 0.2) is 17.9 Å². The number of rotatable bonds is 3. The van der Waals surface area contributed by atoms with Crippen molar-refractivity contribution in [2.45, 2.75) is 46.0 Å². The maximum Gasteiger partial charge on any atom is 0.305 e. The molecular weight excluding hydrogens is 388 g/mol. The number of carbonyl (C=O) groups excluding carboxylic acids is 1. The first-order valence-electron chi connectivity index (χ1n) is 9.26. The van der Waals surface area contributed by atoms with Gasteiger partial charge in [-0.1, -0.05) is 17.7 Å². The fourth-order valence-electron chi connectivity index (χ4n) is 4.48. The molecule has 0 radical (unpaired) electrons. The maximum atomic E-state index is 14.0. The molecule has 1 aliphatic carbocycles. The molecule has 0 bridgehead atoms. The van der Waals surface area contributed by atoms with Crippen LogP contribution in [0.25, 0.3) is 5.57 Å². The second-order valence-electron chi connectivity index (χ2n) is 7.98. The molecular formula is C20H25F2NO4S. The molecule has 8 heteroatoms. The number of carbonyl (C=O) groups is 1. The Hall–Kier alpha value is -1.96. The highest BCUT2D eigenvalue weighted by Gasteiger charge is 2.46. The van der Waals surface area contributed by atoms with E-state index in [1.165, 1.54) is 0 Å². The SMILES string of the molecule is Cc1cc(C)c(C2=C(OS(C)(=O)=O)C3CCC(F)(F)CC3CNC2=O)c(C)c1. The summed E-state index contributed by atoms with van der Waals surface area (Å²) in [5, 5.41) is 2.71. The van der Waals surface area contributed by atoms with E-state index < -0.39 is 40.2 Å². The summed E-state index contributed by atoms with van der Waals surface area (Å²) in [5.74, 6) is -4.49. The van der Waals surface area contributed by atoms with Gasteiger partial charge >= 0.3 is 10.1 Å². The summed E-state index contributed by atoms with van der Waals surface area (Å²) in [7, 11) is -3.94. The van der Waals surface area contributed by atoms with Gasteiger partial charge in [0.05, 0.1) is 11.8 Å². The van der Waals surface area contributed by atoms with E-state index in [1.807, 2.05) is 32.9 Å². The van der Waals surface area contributed by atoms with Crippen LogP contribution in [-0.4, -0.2) is 33.0 Å². The Kier molecular flexibility index (Phi) is 5.29. The molecule has 1 heterocycles. The van der Waals surface area contributed by atoms with Gasteiger partial charge in [-0.3, -0.25) is 4.79 Å². The molecule has 0 spiro atoms. The average molecular weight is 413 g/mol. The summed E-state index contributed by atoms with van der Waals surface area (Å²) in [6, 6.07) is 3.80. The van der Waals surface area contributed by atoms with Crippen LogP contribution < -0.4 is 5.32 Å². The minimum absolute atomic E-state index is 0.00643. The van der Waals surface area contributed by atoms with Crippen LogP contribution in [0.2, 0.25) is 0 Å². The molecule has 1 N–H and O–H groups in total. The third-order valence-corrected chi connectivity index (χ3v) is 5.94. The molecule has 28 heavy (non-hydrogen) atoms. The zero-order chi connectivity index (χ0) is 20.9. The van der Waals surface area contributed by atoms with Crippen molar-refractivity contribution >= 4 is 21.6 Å². The number of alkyl halides is 2. The summed E-state index contributed by atoms with van der Waals surface area (Å²) >= 11 is 0. The van der Waals surface area contributed by atoms with Crippen LogP contribution in [0.1, 0.15) is 41.5 Å². The highest BCUT2D eigenvalue weighted by atomic mass is 32.2. The van der Waals surface area contributed by atoms with E-state index in [0.29, 0.717) is 5.56 Å². The molecule has 5 nitrogen and oxygen atoms in total. The minimum atomic E-state index is -3.94. The van der Waals surface area contributed by atoms with Crippen molar-refractivity contribution in [2.24, 2.45) is 11.8 Å². The topological polar surface area (TPSA) is 72.5 Å². The number of hydrogen-bond donors (Lipinski definition) is 1. The second-order valence-corrected chi connectivity index (χ2v) is 9.55. The predicted molar refractivity (Wildman–Crippen MR) is 102 cm³/mol. The van der Waals surface area contributed by atoms with Crippen molar-refractivity contribution in [2.75, 3.05) is 12.8 Å². The largest absolute Gasteiger partial charge is 0.386 e. The number of halogens is 2. The lowest BCUT2D eigenvalue weighted by Crippen LogP contribution is -2.38. The normalized spacial score (nSPS) is 25.0. The van der Waals surface area contributed by atoms with Gasteiger partial charge in [0.25, 0.3) is 5.91 Å². The standard InChI is InChI=1S/C20H25F2NO4S/c1-11-7-12(2)16(13(3)8-11)17-18(27-28(4,25)26)15-5-6-20(21,22)9-14(15)10-23-19(17)24/h7-8,14-15H,5-6,9-10H2,1-4H3,(H,23,24). The fourth-order valence-corrected chi connectivity index (χ4v) is 5.01. The first-order valence-corrected chi connectivity index (χ1v) is 11.1. The molecule has 1 saturated carbocycles. The Morgan fingerprint density at radius 3 is 2.36 bits per heavy atom. The van der Waals surface area contributed by atoms with Gasteiger partial charge < -0.3 is 9.50 Å². The van der Waals surface area contributed by atoms with Gasteiger partial charge in [0.15, 0.2) is 0 Å². The molecule has 0 aromatic heterocycles. The molecule has 3 rings (SSSR count). The zero-order valence-electron chi connectivity index (χ0n) is 16.4. The highest BCUT2D eigenvalue weighted by molar-refractivity contribution is 7.86. The number of fused-ring (bicyclic) bond motifs is 1. The molecule has 1 aliphatic heterocycles. The van der Waals surface area contributed by atoms with Crippen LogP contribution in [0.3, 0.4) is 0 Å². The predicted octanol–water partition coefficient (Wildman–Crippen LogP) is 3.48. The van der Waals surface area contributed by atoms with Crippen LogP contribution in [-0.2, 0) is 19.1 Å². The van der Waals surface area contributed by atoms with Gasteiger partial charge in [0.2, 0.25) is 5.92 Å². The van der Waals surface area contributed by atoms with Crippen molar-refractivity contribution in [3.05, 3.63) is 40.1 Å². The van der Waals surface area contributed by atoms with Crippen molar-refractivity contribution in [1.29, 1.82) is 0 Å². The first kappa shape index (κ1) is 20.8. The van der Waals surface area contributed by atoms with Gasteiger partial charge in [-0.25, -0.2) is 8.78 Å². The maximum absolute atomic E-state index is 14.0. The Morgan fingerprint density at radius 1 is 1.18 bits per heavy atom. The molecule has 2 aliphatic rings. The smallest absolute Gasteiger partial charge is 0.305 e. The second kappa shape index (κ2) is 7.13. The lowest BCUT2D eigenvalue weighted by molar-refractivity contribution is -0.116. The van der Waals surface area contributed by atoms with E-state index in [0.717, 1.165) is 22.9 Å². The molecule has 0 saturated heterocycles. The van der Waals surface area contributed by atoms with E-state index >= 15 is 0 Å². The van der Waals surface area contributed by atoms with Gasteiger partial charge in [0.1, 0.15) is 5.76 Å². The Balaban J connectivity index is 2.25. The van der Waals surface area contributed by atoms with Crippen molar-refractivity contribution < 1.29 is 26.2 Å². The Labute approximate surface area is 164 Å². The molecule has 1 aromatic carbocycles. The zero-order valence-corrected chi connectivity index (χ0v) is 17.3. The van der Waals surface area contributed by atoms with Crippen LogP contribution in [0.5, 0.6) is 0 Å². The van der Waals surface area contributed by atoms with Crippen LogP contribution in [0, 0.1) is 32.6 Å². The summed E-state index contributed by atoms with van der Waals surface area (Å²) in [5.41, 5.74) is 3.35. The lowest BCUT2D eigenvalue weighted by Gasteiger charge is -2.35. The van der Waals surface area contributed by atoms with E-state index in [2.05, 4.69) is 5.32 Å². The first-order chi connectivity index (χ1) is 12.9. The van der Waals surface area contributed by atoms with Crippen LogP contribution in [0.4, 0.5) is 8.78 Å².